The van der Waals surface area contributed by atoms with Crippen LogP contribution in [0.3, 0.4) is 0 Å². The summed E-state index contributed by atoms with van der Waals surface area (Å²) in [5.41, 5.74) is 3.50. The van der Waals surface area contributed by atoms with Crippen LogP contribution in [-0.2, 0) is 21.3 Å². The van der Waals surface area contributed by atoms with E-state index in [9.17, 15) is 8.42 Å². The highest BCUT2D eigenvalue weighted by molar-refractivity contribution is 7.89. The van der Waals surface area contributed by atoms with Crippen molar-refractivity contribution in [1.82, 2.24) is 9.21 Å². The largest absolute Gasteiger partial charge is 0.496 e. The summed E-state index contributed by atoms with van der Waals surface area (Å²) >= 11 is 0. The molecule has 7 nitrogen and oxygen atoms in total. The van der Waals surface area contributed by atoms with Crippen molar-refractivity contribution in [3.8, 4) is 11.5 Å². The maximum absolute atomic E-state index is 12.7. The van der Waals surface area contributed by atoms with Gasteiger partial charge >= 0.3 is 0 Å². The Kier molecular flexibility index (Phi) is 7.94. The third-order valence-corrected chi connectivity index (χ3v) is 7.26. The summed E-state index contributed by atoms with van der Waals surface area (Å²) in [4.78, 5) is 2.47. The number of sulfonamides is 1. The van der Waals surface area contributed by atoms with Crippen LogP contribution in [0.1, 0.15) is 16.7 Å². The first kappa shape index (κ1) is 23.5. The van der Waals surface area contributed by atoms with E-state index in [2.05, 4.69) is 37.9 Å². The van der Waals surface area contributed by atoms with E-state index in [-0.39, 0.29) is 4.90 Å². The van der Waals surface area contributed by atoms with Gasteiger partial charge in [0, 0.05) is 26.2 Å². The van der Waals surface area contributed by atoms with E-state index in [1.54, 1.807) is 31.4 Å². The van der Waals surface area contributed by atoms with Crippen LogP contribution < -0.4 is 9.47 Å². The molecule has 0 amide bonds. The molecule has 0 radical (unpaired) electrons. The summed E-state index contributed by atoms with van der Waals surface area (Å²) in [6.07, 6.45) is 0. The molecule has 0 aliphatic carbocycles. The Morgan fingerprint density at radius 3 is 2.26 bits per heavy atom. The highest BCUT2D eigenvalue weighted by atomic mass is 32.2. The molecule has 8 heteroatoms. The summed E-state index contributed by atoms with van der Waals surface area (Å²) in [5.74, 6) is 1.60. The predicted octanol–water partition coefficient (Wildman–Crippen LogP) is 2.84. The molecule has 0 saturated carbocycles. The molecule has 0 unspecified atom stereocenters. The number of hydrogen-bond donors (Lipinski definition) is 0. The Morgan fingerprint density at radius 1 is 1.06 bits per heavy atom. The van der Waals surface area contributed by atoms with Crippen LogP contribution >= 0.6 is 0 Å². The highest BCUT2D eigenvalue weighted by Crippen LogP contribution is 2.25. The molecule has 31 heavy (non-hydrogen) atoms. The van der Waals surface area contributed by atoms with Crippen LogP contribution in [0, 0.1) is 13.8 Å². The van der Waals surface area contributed by atoms with Gasteiger partial charge in [0.25, 0.3) is 0 Å². The van der Waals surface area contributed by atoms with Crippen molar-refractivity contribution in [2.45, 2.75) is 25.3 Å². The van der Waals surface area contributed by atoms with Crippen molar-refractivity contribution in [2.24, 2.45) is 0 Å². The zero-order chi connectivity index (χ0) is 22.4. The van der Waals surface area contributed by atoms with E-state index in [1.807, 2.05) is 0 Å². The average Bonchev–Trinajstić information content (AvgIpc) is 2.74. The lowest BCUT2D eigenvalue weighted by Gasteiger charge is -2.26. The van der Waals surface area contributed by atoms with Gasteiger partial charge in [-0.1, -0.05) is 12.1 Å². The van der Waals surface area contributed by atoms with Gasteiger partial charge in [-0.15, -0.1) is 0 Å². The molecule has 1 aliphatic heterocycles. The van der Waals surface area contributed by atoms with Crippen molar-refractivity contribution in [3.63, 3.8) is 0 Å². The second-order valence-corrected chi connectivity index (χ2v) is 9.77. The lowest BCUT2D eigenvalue weighted by molar-refractivity contribution is 0.0730. The van der Waals surface area contributed by atoms with Gasteiger partial charge < -0.3 is 14.2 Å². The standard InChI is InChI=1S/C23H32N2O5S/c1-18-15-20(16-19(2)23(18)28-4)17-24(3)9-14-30-21-5-7-22(8-6-21)31(26,27)25-10-12-29-13-11-25/h5-8,15-16H,9-14,17H2,1-4H3. The zero-order valence-electron chi connectivity index (χ0n) is 18.8. The second kappa shape index (κ2) is 10.5. The Bertz CT molecular complexity index is 947. The number of ether oxygens (including phenoxy) is 3. The Balaban J connectivity index is 1.50. The zero-order valence-corrected chi connectivity index (χ0v) is 19.6. The number of benzene rings is 2. The Labute approximate surface area is 185 Å². The topological polar surface area (TPSA) is 68.3 Å². The predicted molar refractivity (Wildman–Crippen MR) is 120 cm³/mol. The smallest absolute Gasteiger partial charge is 0.243 e. The first-order valence-corrected chi connectivity index (χ1v) is 11.9. The lowest BCUT2D eigenvalue weighted by atomic mass is 10.1. The number of rotatable bonds is 9. The van der Waals surface area contributed by atoms with Crippen LogP contribution in [0.2, 0.25) is 0 Å². The first-order valence-electron chi connectivity index (χ1n) is 10.4. The molecule has 3 rings (SSSR count). The molecule has 1 heterocycles. The fourth-order valence-corrected chi connectivity index (χ4v) is 5.22. The number of methoxy groups -OCH3 is 1. The monoisotopic (exact) mass is 448 g/mol. The van der Waals surface area contributed by atoms with Gasteiger partial charge in [-0.25, -0.2) is 8.42 Å². The van der Waals surface area contributed by atoms with Gasteiger partial charge in [0.05, 0.1) is 25.2 Å². The van der Waals surface area contributed by atoms with Crippen LogP contribution in [0.4, 0.5) is 0 Å². The summed E-state index contributed by atoms with van der Waals surface area (Å²) in [5, 5.41) is 0. The third-order valence-electron chi connectivity index (χ3n) is 5.35. The minimum absolute atomic E-state index is 0.282. The summed E-state index contributed by atoms with van der Waals surface area (Å²) < 4.78 is 43.3. The lowest BCUT2D eigenvalue weighted by Crippen LogP contribution is -2.40. The molecule has 170 valence electrons. The van der Waals surface area contributed by atoms with Gasteiger partial charge in [0.15, 0.2) is 0 Å². The van der Waals surface area contributed by atoms with E-state index < -0.39 is 10.0 Å². The van der Waals surface area contributed by atoms with E-state index in [0.717, 1.165) is 30.0 Å². The van der Waals surface area contributed by atoms with Gasteiger partial charge in [-0.05, 0) is 61.9 Å². The average molecular weight is 449 g/mol. The van der Waals surface area contributed by atoms with E-state index in [4.69, 9.17) is 14.2 Å². The summed E-state index contributed by atoms with van der Waals surface area (Å²) in [6.45, 7) is 7.83. The molecule has 0 bridgehead atoms. The van der Waals surface area contributed by atoms with Crippen molar-refractivity contribution < 1.29 is 22.6 Å². The van der Waals surface area contributed by atoms with Crippen molar-refractivity contribution in [1.29, 1.82) is 0 Å². The molecular weight excluding hydrogens is 416 g/mol. The minimum Gasteiger partial charge on any atom is -0.496 e. The minimum atomic E-state index is -3.48. The Hall–Kier alpha value is -2.13. The van der Waals surface area contributed by atoms with E-state index in [1.165, 1.54) is 9.87 Å². The molecule has 2 aromatic carbocycles. The van der Waals surface area contributed by atoms with Gasteiger partial charge in [-0.2, -0.15) is 4.31 Å². The van der Waals surface area contributed by atoms with Crippen molar-refractivity contribution in [3.05, 3.63) is 53.1 Å². The van der Waals surface area contributed by atoms with E-state index >= 15 is 0 Å². The maximum Gasteiger partial charge on any atom is 0.243 e. The van der Waals surface area contributed by atoms with Crippen LogP contribution in [0.5, 0.6) is 11.5 Å². The summed E-state index contributed by atoms with van der Waals surface area (Å²) in [7, 11) is 0.270. The second-order valence-electron chi connectivity index (χ2n) is 7.84. The van der Waals surface area contributed by atoms with Gasteiger partial charge in [0.1, 0.15) is 18.1 Å². The molecule has 1 fully saturated rings. The van der Waals surface area contributed by atoms with Gasteiger partial charge in [0.2, 0.25) is 10.0 Å². The normalized spacial score (nSPS) is 15.3. The quantitative estimate of drug-likeness (QED) is 0.588. The molecule has 0 atom stereocenters. The number of hydrogen-bond acceptors (Lipinski definition) is 6. The molecule has 1 aliphatic rings. The Morgan fingerprint density at radius 2 is 1.68 bits per heavy atom. The molecule has 0 spiro atoms. The first-order chi connectivity index (χ1) is 14.8. The van der Waals surface area contributed by atoms with Crippen LogP contribution in [0.15, 0.2) is 41.3 Å². The van der Waals surface area contributed by atoms with E-state index in [0.29, 0.717) is 38.7 Å². The maximum atomic E-state index is 12.7. The molecule has 0 aromatic heterocycles. The van der Waals surface area contributed by atoms with Crippen LogP contribution in [0.25, 0.3) is 0 Å². The van der Waals surface area contributed by atoms with Crippen molar-refractivity contribution >= 4 is 10.0 Å². The molecular formula is C23H32N2O5S. The highest BCUT2D eigenvalue weighted by Gasteiger charge is 2.26. The fourth-order valence-electron chi connectivity index (χ4n) is 3.81. The number of nitrogens with zero attached hydrogens (tertiary/aromatic N) is 2. The number of aryl methyl sites for hydroxylation is 2. The number of likely N-dealkylation sites (N-methyl/N-ethyl adjacent to an activating group) is 1. The van der Waals surface area contributed by atoms with Crippen LogP contribution in [-0.4, -0.2) is 71.2 Å². The molecule has 2 aromatic rings. The summed E-state index contributed by atoms with van der Waals surface area (Å²) in [6, 6.07) is 10.9. The fraction of sp³-hybridized carbons (Fsp3) is 0.478. The van der Waals surface area contributed by atoms with Gasteiger partial charge in [-0.3, -0.25) is 4.90 Å². The molecule has 0 N–H and O–H groups in total. The molecule has 1 saturated heterocycles. The van der Waals surface area contributed by atoms with Crippen molar-refractivity contribution in [2.75, 3.05) is 53.6 Å². The number of morpholine rings is 1. The SMILES string of the molecule is COc1c(C)cc(CN(C)CCOc2ccc(S(=O)(=O)N3CCOCC3)cc2)cc1C. The third kappa shape index (κ3) is 5.98.